The van der Waals surface area contributed by atoms with Gasteiger partial charge in [0.05, 0.1) is 35.9 Å². The zero-order valence-corrected chi connectivity index (χ0v) is 25.2. The van der Waals surface area contributed by atoms with E-state index >= 15 is 4.39 Å². The highest BCUT2D eigenvalue weighted by Crippen LogP contribution is 2.56. The van der Waals surface area contributed by atoms with E-state index in [2.05, 4.69) is 20.0 Å². The number of ketones is 2. The second kappa shape index (κ2) is 11.2. The van der Waals surface area contributed by atoms with Crippen LogP contribution in [-0.4, -0.2) is 114 Å². The van der Waals surface area contributed by atoms with Crippen molar-refractivity contribution >= 4 is 17.5 Å². The van der Waals surface area contributed by atoms with Gasteiger partial charge < -0.3 is 25.6 Å². The molecule has 0 radical (unpaired) electrons. The van der Waals surface area contributed by atoms with E-state index in [9.17, 15) is 14.4 Å². The lowest BCUT2D eigenvalue weighted by Crippen LogP contribution is -2.73. The molecular weight excluding hydrogens is 549 g/mol. The highest BCUT2D eigenvalue weighted by Gasteiger charge is 2.63. The van der Waals surface area contributed by atoms with Gasteiger partial charge in [-0.2, -0.15) is 0 Å². The second-order valence-corrected chi connectivity index (χ2v) is 14.9. The standard InChI is InChI=1S/C33H48FN5O4/c34-25-13-23-28-32(29(25)38-11-7-18(35)16-38)43-27-15-22-21(19-5-1-2-6-20(19)30(22)40)14-26(27)39(28)17-24(31(23)41)33(42)36-8-12-37-9-3-4-10-37/h17-23,25-29,32H,1-16,35H2,(H,36,42)/t18-,19?,20?,21?,22?,23?,25?,26?,27?,28?,29?,32?/m0/s1. The van der Waals surface area contributed by atoms with E-state index in [4.69, 9.17) is 10.5 Å². The molecule has 10 heteroatoms. The van der Waals surface area contributed by atoms with E-state index in [0.717, 1.165) is 58.3 Å². The number of rotatable bonds is 5. The first kappa shape index (κ1) is 28.6. The number of nitrogens with zero attached hydrogens (tertiary/aromatic N) is 3. The molecule has 8 rings (SSSR count). The number of ether oxygens (including phenoxy) is 1. The summed E-state index contributed by atoms with van der Waals surface area (Å²) in [5, 5.41) is 3.01. The summed E-state index contributed by atoms with van der Waals surface area (Å²) >= 11 is 0. The van der Waals surface area contributed by atoms with Crippen LogP contribution in [0, 0.1) is 29.6 Å². The van der Waals surface area contributed by atoms with Gasteiger partial charge in [0.25, 0.3) is 5.91 Å². The lowest BCUT2D eigenvalue weighted by Gasteiger charge is -2.61. The molecule has 8 aliphatic rings. The van der Waals surface area contributed by atoms with Crippen LogP contribution in [0.4, 0.5) is 4.39 Å². The van der Waals surface area contributed by atoms with Crippen molar-refractivity contribution in [3.05, 3.63) is 11.8 Å². The summed E-state index contributed by atoms with van der Waals surface area (Å²) in [6.07, 6.45) is 9.07. The van der Waals surface area contributed by atoms with Crippen LogP contribution >= 0.6 is 0 Å². The minimum atomic E-state index is -1.25. The molecule has 0 aromatic heterocycles. The van der Waals surface area contributed by atoms with Crippen molar-refractivity contribution < 1.29 is 23.5 Å². The number of fused-ring (bicyclic) bond motifs is 5. The maximum absolute atomic E-state index is 16.3. The molecule has 4 aliphatic heterocycles. The Morgan fingerprint density at radius 3 is 2.56 bits per heavy atom. The quantitative estimate of drug-likeness (QED) is 0.461. The van der Waals surface area contributed by atoms with Crippen LogP contribution in [0.1, 0.15) is 64.2 Å². The van der Waals surface area contributed by atoms with Gasteiger partial charge in [0.2, 0.25) is 0 Å². The third kappa shape index (κ3) is 4.72. The van der Waals surface area contributed by atoms with Crippen molar-refractivity contribution in [2.24, 2.45) is 35.3 Å². The Hall–Kier alpha value is -1.88. The van der Waals surface area contributed by atoms with E-state index in [1.165, 1.54) is 19.3 Å². The predicted molar refractivity (Wildman–Crippen MR) is 157 cm³/mol. The summed E-state index contributed by atoms with van der Waals surface area (Å²) in [4.78, 5) is 47.9. The number of hydrogen-bond donors (Lipinski definition) is 2. The number of nitrogens with two attached hydrogens (primary N) is 1. The highest BCUT2D eigenvalue weighted by molar-refractivity contribution is 6.20. The third-order valence-corrected chi connectivity index (χ3v) is 12.8. The van der Waals surface area contributed by atoms with E-state index in [-0.39, 0.29) is 59.7 Å². The van der Waals surface area contributed by atoms with Crippen LogP contribution in [0.15, 0.2) is 11.8 Å². The molecule has 3 N–H and O–H groups in total. The van der Waals surface area contributed by atoms with Gasteiger partial charge in [-0.25, -0.2) is 4.39 Å². The lowest BCUT2D eigenvalue weighted by molar-refractivity contribution is -0.217. The van der Waals surface area contributed by atoms with Crippen molar-refractivity contribution in [1.82, 2.24) is 20.0 Å². The zero-order valence-electron chi connectivity index (χ0n) is 25.2. The predicted octanol–water partition coefficient (Wildman–Crippen LogP) is 1.65. The monoisotopic (exact) mass is 597 g/mol. The largest absolute Gasteiger partial charge is 0.369 e. The molecule has 43 heavy (non-hydrogen) atoms. The van der Waals surface area contributed by atoms with Gasteiger partial charge in [-0.15, -0.1) is 0 Å². The van der Waals surface area contributed by atoms with Crippen LogP contribution in [0.2, 0.25) is 0 Å². The maximum Gasteiger partial charge on any atom is 0.256 e. The molecule has 4 heterocycles. The molecule has 4 saturated carbocycles. The number of Topliss-reactive ketones (excluding diaryl/α,β-unsaturated/α-hetero) is 2. The van der Waals surface area contributed by atoms with Crippen LogP contribution in [-0.2, 0) is 19.1 Å². The van der Waals surface area contributed by atoms with Crippen molar-refractivity contribution in [2.75, 3.05) is 39.3 Å². The number of amides is 1. The minimum absolute atomic E-state index is 0.00822. The Morgan fingerprint density at radius 1 is 0.953 bits per heavy atom. The molecule has 0 bridgehead atoms. The molecule has 11 unspecified atom stereocenters. The molecule has 0 spiro atoms. The number of morpholine rings is 1. The van der Waals surface area contributed by atoms with E-state index in [1.54, 1.807) is 0 Å². The van der Waals surface area contributed by atoms with Gasteiger partial charge in [-0.3, -0.25) is 19.3 Å². The molecule has 12 atom stereocenters. The number of nitrogens with one attached hydrogen (secondary N) is 1. The van der Waals surface area contributed by atoms with Crippen LogP contribution in [0.3, 0.4) is 0 Å². The summed E-state index contributed by atoms with van der Waals surface area (Å²) in [5.41, 5.74) is 6.43. The number of alkyl halides is 1. The summed E-state index contributed by atoms with van der Waals surface area (Å²) in [5.74, 6) is 0.149. The van der Waals surface area contributed by atoms with Gasteiger partial charge in [0, 0.05) is 56.2 Å². The van der Waals surface area contributed by atoms with Crippen molar-refractivity contribution in [1.29, 1.82) is 0 Å². The summed E-state index contributed by atoms with van der Waals surface area (Å²) < 4.78 is 23.2. The smallest absolute Gasteiger partial charge is 0.256 e. The van der Waals surface area contributed by atoms with Crippen LogP contribution in [0.5, 0.6) is 0 Å². The van der Waals surface area contributed by atoms with Gasteiger partial charge >= 0.3 is 0 Å². The van der Waals surface area contributed by atoms with Crippen molar-refractivity contribution in [2.45, 2.75) is 107 Å². The fourth-order valence-corrected chi connectivity index (χ4v) is 10.8. The number of carbonyl (C=O) groups excluding carboxylic acids is 3. The molecule has 7 fully saturated rings. The molecule has 3 saturated heterocycles. The Kier molecular flexibility index (Phi) is 7.43. The Labute approximate surface area is 254 Å². The summed E-state index contributed by atoms with van der Waals surface area (Å²) in [6, 6.07) is -0.790. The molecular formula is C33H48FN5O4. The van der Waals surface area contributed by atoms with Gasteiger partial charge in [0.15, 0.2) is 5.78 Å². The third-order valence-electron chi connectivity index (χ3n) is 12.8. The Balaban J connectivity index is 1.11. The minimum Gasteiger partial charge on any atom is -0.369 e. The second-order valence-electron chi connectivity index (χ2n) is 14.9. The van der Waals surface area contributed by atoms with Gasteiger partial charge in [-0.1, -0.05) is 12.8 Å². The average Bonchev–Trinajstić information content (AvgIpc) is 3.74. The van der Waals surface area contributed by atoms with Crippen LogP contribution in [0.25, 0.3) is 0 Å². The molecule has 236 valence electrons. The molecule has 4 aliphatic carbocycles. The number of likely N-dealkylation sites (tertiary alicyclic amines) is 2. The molecule has 0 aromatic carbocycles. The normalized spacial score (nSPS) is 46.2. The molecule has 9 nitrogen and oxygen atoms in total. The molecule has 1 amide bonds. The van der Waals surface area contributed by atoms with E-state index < -0.39 is 24.2 Å². The summed E-state index contributed by atoms with van der Waals surface area (Å²) in [6.45, 7) is 4.71. The van der Waals surface area contributed by atoms with E-state index in [0.29, 0.717) is 37.1 Å². The SMILES string of the molecule is N[C@H]1CCN(C2C(F)CC3C(=O)C(C(=O)NCCN4CCCC4)=CN4C5CC6C(CC5OC2C34)C(=O)C2CCCCC26)C1. The number of hydrogen-bond acceptors (Lipinski definition) is 8. The maximum atomic E-state index is 16.3. The van der Waals surface area contributed by atoms with Crippen molar-refractivity contribution in [3.8, 4) is 0 Å². The highest BCUT2D eigenvalue weighted by atomic mass is 19.1. The number of carbonyl (C=O) groups is 3. The Morgan fingerprint density at radius 2 is 1.77 bits per heavy atom. The number of halogens is 1. The summed E-state index contributed by atoms with van der Waals surface area (Å²) in [7, 11) is 0. The average molecular weight is 598 g/mol. The zero-order chi connectivity index (χ0) is 29.4. The van der Waals surface area contributed by atoms with Gasteiger partial charge in [-0.05, 0) is 76.3 Å². The van der Waals surface area contributed by atoms with Crippen LogP contribution < -0.4 is 11.1 Å². The fraction of sp³-hybridized carbons (Fsp3) is 0.848. The first-order valence-corrected chi connectivity index (χ1v) is 17.3. The first-order valence-electron chi connectivity index (χ1n) is 17.3. The Bertz CT molecular complexity index is 1180. The van der Waals surface area contributed by atoms with Gasteiger partial charge in [0.1, 0.15) is 12.0 Å². The topological polar surface area (TPSA) is 108 Å². The lowest BCUT2D eigenvalue weighted by atomic mass is 9.66. The first-order chi connectivity index (χ1) is 20.9. The van der Waals surface area contributed by atoms with Crippen molar-refractivity contribution in [3.63, 3.8) is 0 Å². The molecule has 0 aromatic rings. The fourth-order valence-electron chi connectivity index (χ4n) is 10.8. The van der Waals surface area contributed by atoms with E-state index in [1.807, 2.05) is 6.20 Å².